The zero-order chi connectivity index (χ0) is 10.8. The molecular formula is C12H12BrNO. The second-order valence-corrected chi connectivity index (χ2v) is 4.10. The molecular weight excluding hydrogens is 254 g/mol. The predicted molar refractivity (Wildman–Crippen MR) is 65.4 cm³/mol. The van der Waals surface area contributed by atoms with Crippen LogP contribution in [0.15, 0.2) is 28.7 Å². The molecule has 0 fully saturated rings. The first-order valence-corrected chi connectivity index (χ1v) is 5.67. The first kappa shape index (κ1) is 10.4. The van der Waals surface area contributed by atoms with Crippen LogP contribution < -0.4 is 4.74 Å². The van der Waals surface area contributed by atoms with E-state index in [0.717, 1.165) is 33.2 Å². The molecule has 1 aromatic heterocycles. The van der Waals surface area contributed by atoms with Crippen LogP contribution in [0.1, 0.15) is 12.6 Å². The van der Waals surface area contributed by atoms with E-state index < -0.39 is 0 Å². The lowest BCUT2D eigenvalue weighted by molar-refractivity contribution is 0.413. The second-order valence-electron chi connectivity index (χ2n) is 3.31. The topological polar surface area (TPSA) is 22.1 Å². The summed E-state index contributed by atoms with van der Waals surface area (Å²) in [5, 5.41) is 1.12. The predicted octanol–water partition coefficient (Wildman–Crippen LogP) is 3.57. The van der Waals surface area contributed by atoms with Crippen LogP contribution in [0.5, 0.6) is 5.75 Å². The Kier molecular flexibility index (Phi) is 2.91. The first-order valence-electron chi connectivity index (χ1n) is 4.88. The van der Waals surface area contributed by atoms with E-state index in [1.807, 2.05) is 12.1 Å². The van der Waals surface area contributed by atoms with Crippen LogP contribution in [0.4, 0.5) is 0 Å². The maximum Gasteiger partial charge on any atom is 0.135 e. The maximum absolute atomic E-state index is 5.24. The molecule has 0 amide bonds. The molecule has 15 heavy (non-hydrogen) atoms. The second kappa shape index (κ2) is 4.19. The number of ether oxygens (including phenoxy) is 1. The number of benzene rings is 1. The third kappa shape index (κ3) is 1.84. The minimum absolute atomic E-state index is 0.822. The van der Waals surface area contributed by atoms with Gasteiger partial charge in [-0.05, 0) is 40.5 Å². The normalized spacial score (nSPS) is 10.6. The van der Waals surface area contributed by atoms with E-state index in [4.69, 9.17) is 4.74 Å². The average Bonchev–Trinajstić information content (AvgIpc) is 2.29. The van der Waals surface area contributed by atoms with Crippen molar-refractivity contribution in [2.45, 2.75) is 13.3 Å². The Bertz CT molecular complexity index is 491. The number of hydrogen-bond acceptors (Lipinski definition) is 2. The van der Waals surface area contributed by atoms with Crippen LogP contribution >= 0.6 is 15.9 Å². The molecule has 2 rings (SSSR count). The van der Waals surface area contributed by atoms with E-state index in [1.54, 1.807) is 7.11 Å². The van der Waals surface area contributed by atoms with E-state index in [-0.39, 0.29) is 0 Å². The summed E-state index contributed by atoms with van der Waals surface area (Å²) in [6, 6.07) is 8.11. The molecule has 1 aromatic carbocycles. The minimum atomic E-state index is 0.822. The quantitative estimate of drug-likeness (QED) is 0.829. The highest BCUT2D eigenvalue weighted by molar-refractivity contribution is 9.10. The molecule has 1 heterocycles. The van der Waals surface area contributed by atoms with Crippen molar-refractivity contribution >= 4 is 26.8 Å². The minimum Gasteiger partial charge on any atom is -0.495 e. The van der Waals surface area contributed by atoms with Crippen LogP contribution in [-0.2, 0) is 6.42 Å². The van der Waals surface area contributed by atoms with Crippen molar-refractivity contribution in [3.05, 3.63) is 34.4 Å². The molecule has 3 heteroatoms. The summed E-state index contributed by atoms with van der Waals surface area (Å²) in [4.78, 5) is 4.57. The number of fused-ring (bicyclic) bond motifs is 1. The van der Waals surface area contributed by atoms with E-state index in [0.29, 0.717) is 0 Å². The Hall–Kier alpha value is -1.09. The molecule has 78 valence electrons. The van der Waals surface area contributed by atoms with Gasteiger partial charge in [-0.1, -0.05) is 13.0 Å². The smallest absolute Gasteiger partial charge is 0.135 e. The fourth-order valence-electron chi connectivity index (χ4n) is 1.53. The summed E-state index contributed by atoms with van der Waals surface area (Å²) in [5.74, 6) is 0.822. The van der Waals surface area contributed by atoms with E-state index in [2.05, 4.69) is 40.0 Å². The lowest BCUT2D eigenvalue weighted by Crippen LogP contribution is -1.91. The summed E-state index contributed by atoms with van der Waals surface area (Å²) in [7, 11) is 1.66. The molecule has 0 N–H and O–H groups in total. The van der Waals surface area contributed by atoms with Crippen molar-refractivity contribution in [2.75, 3.05) is 7.11 Å². The molecule has 0 aliphatic heterocycles. The Labute approximate surface area is 97.4 Å². The van der Waals surface area contributed by atoms with Crippen LogP contribution in [0, 0.1) is 0 Å². The van der Waals surface area contributed by atoms with Crippen molar-refractivity contribution in [2.24, 2.45) is 0 Å². The highest BCUT2D eigenvalue weighted by atomic mass is 79.9. The Morgan fingerprint density at radius 2 is 2.00 bits per heavy atom. The summed E-state index contributed by atoms with van der Waals surface area (Å²) in [6.07, 6.45) is 0.944. The van der Waals surface area contributed by atoms with Crippen molar-refractivity contribution < 1.29 is 4.74 Å². The van der Waals surface area contributed by atoms with Crippen LogP contribution in [0.2, 0.25) is 0 Å². The third-order valence-corrected chi connectivity index (χ3v) is 3.17. The molecule has 0 bridgehead atoms. The fraction of sp³-hybridized carbons (Fsp3) is 0.250. The van der Waals surface area contributed by atoms with Gasteiger partial charge in [0.25, 0.3) is 0 Å². The molecule has 2 nitrogen and oxygen atoms in total. The number of pyridine rings is 1. The maximum atomic E-state index is 5.24. The van der Waals surface area contributed by atoms with Crippen LogP contribution in [-0.4, -0.2) is 12.1 Å². The third-order valence-electron chi connectivity index (χ3n) is 2.40. The monoisotopic (exact) mass is 265 g/mol. The standard InChI is InChI=1S/C12H12BrNO/c1-3-9-6-4-8-5-7-10(15-2)11(13)12(8)14-9/h4-7H,3H2,1-2H3. The molecule has 2 aromatic rings. The van der Waals surface area contributed by atoms with Gasteiger partial charge < -0.3 is 4.74 Å². The van der Waals surface area contributed by atoms with Crippen molar-refractivity contribution in [1.82, 2.24) is 4.98 Å². The van der Waals surface area contributed by atoms with Gasteiger partial charge in [-0.3, -0.25) is 4.98 Å². The summed E-state index contributed by atoms with van der Waals surface area (Å²) >= 11 is 3.52. The molecule has 0 atom stereocenters. The number of aromatic nitrogens is 1. The molecule has 0 saturated heterocycles. The lowest BCUT2D eigenvalue weighted by Gasteiger charge is -2.07. The molecule has 0 unspecified atom stereocenters. The van der Waals surface area contributed by atoms with Gasteiger partial charge in [-0.15, -0.1) is 0 Å². The molecule has 0 saturated carbocycles. The van der Waals surface area contributed by atoms with E-state index >= 15 is 0 Å². The van der Waals surface area contributed by atoms with Crippen molar-refractivity contribution in [1.29, 1.82) is 0 Å². The summed E-state index contributed by atoms with van der Waals surface area (Å²) in [5.41, 5.74) is 2.06. The van der Waals surface area contributed by atoms with E-state index in [1.165, 1.54) is 0 Å². The Morgan fingerprint density at radius 1 is 1.27 bits per heavy atom. The number of hydrogen-bond donors (Lipinski definition) is 0. The van der Waals surface area contributed by atoms with Gasteiger partial charge in [-0.25, -0.2) is 0 Å². The van der Waals surface area contributed by atoms with Gasteiger partial charge >= 0.3 is 0 Å². The Morgan fingerprint density at radius 3 is 2.67 bits per heavy atom. The largest absolute Gasteiger partial charge is 0.495 e. The molecule has 0 aliphatic rings. The average molecular weight is 266 g/mol. The van der Waals surface area contributed by atoms with Gasteiger partial charge in [0.15, 0.2) is 0 Å². The Balaban J connectivity index is 2.72. The number of rotatable bonds is 2. The number of halogens is 1. The summed E-state index contributed by atoms with van der Waals surface area (Å²) < 4.78 is 6.17. The first-order chi connectivity index (χ1) is 7.26. The number of methoxy groups -OCH3 is 1. The van der Waals surface area contributed by atoms with Crippen LogP contribution in [0.25, 0.3) is 10.9 Å². The van der Waals surface area contributed by atoms with E-state index in [9.17, 15) is 0 Å². The van der Waals surface area contributed by atoms with Gasteiger partial charge in [-0.2, -0.15) is 0 Å². The lowest BCUT2D eigenvalue weighted by atomic mass is 10.2. The number of aryl methyl sites for hydroxylation is 1. The summed E-state index contributed by atoms with van der Waals surface area (Å²) in [6.45, 7) is 2.10. The van der Waals surface area contributed by atoms with Crippen molar-refractivity contribution in [3.8, 4) is 5.75 Å². The van der Waals surface area contributed by atoms with Crippen molar-refractivity contribution in [3.63, 3.8) is 0 Å². The SMILES string of the molecule is CCc1ccc2ccc(OC)c(Br)c2n1. The molecule has 0 spiro atoms. The highest BCUT2D eigenvalue weighted by Crippen LogP contribution is 2.31. The van der Waals surface area contributed by atoms with Gasteiger partial charge in [0.2, 0.25) is 0 Å². The van der Waals surface area contributed by atoms with Gasteiger partial charge in [0.1, 0.15) is 5.75 Å². The highest BCUT2D eigenvalue weighted by Gasteiger charge is 2.06. The zero-order valence-corrected chi connectivity index (χ0v) is 10.3. The number of nitrogens with zero attached hydrogens (tertiary/aromatic N) is 1. The van der Waals surface area contributed by atoms with Crippen LogP contribution in [0.3, 0.4) is 0 Å². The fourth-order valence-corrected chi connectivity index (χ4v) is 2.14. The molecule has 0 aliphatic carbocycles. The molecule has 0 radical (unpaired) electrons. The zero-order valence-electron chi connectivity index (χ0n) is 8.75. The van der Waals surface area contributed by atoms with Gasteiger partial charge in [0, 0.05) is 11.1 Å². The van der Waals surface area contributed by atoms with Gasteiger partial charge in [0.05, 0.1) is 17.1 Å².